The largest absolute Gasteiger partial charge is 0.339 e. The second-order valence-corrected chi connectivity index (χ2v) is 6.56. The minimum atomic E-state index is 0.887. The Labute approximate surface area is 126 Å². The molecule has 3 nitrogen and oxygen atoms in total. The summed E-state index contributed by atoms with van der Waals surface area (Å²) in [5, 5.41) is 4.59. The summed E-state index contributed by atoms with van der Waals surface area (Å²) >= 11 is 3.44. The highest BCUT2D eigenvalue weighted by Gasteiger charge is 2.12. The van der Waals surface area contributed by atoms with Crippen molar-refractivity contribution in [3.8, 4) is 0 Å². The molecule has 0 bridgehead atoms. The van der Waals surface area contributed by atoms with Gasteiger partial charge in [-0.2, -0.15) is 0 Å². The molecule has 0 aliphatic carbocycles. The number of fused-ring (bicyclic) bond motifs is 1. The van der Waals surface area contributed by atoms with Crippen molar-refractivity contribution in [3.63, 3.8) is 0 Å². The van der Waals surface area contributed by atoms with Gasteiger partial charge in [-0.3, -0.25) is 0 Å². The molecule has 20 heavy (non-hydrogen) atoms. The fourth-order valence-electron chi connectivity index (χ4n) is 2.15. The molecule has 0 unspecified atom stereocenters. The van der Waals surface area contributed by atoms with Gasteiger partial charge in [0.1, 0.15) is 17.0 Å². The van der Waals surface area contributed by atoms with E-state index in [1.54, 1.807) is 29.4 Å². The Kier molecular flexibility index (Phi) is 3.63. The Morgan fingerprint density at radius 1 is 1.15 bits per heavy atom. The van der Waals surface area contributed by atoms with Crippen LogP contribution in [0.3, 0.4) is 0 Å². The smallest absolute Gasteiger partial charge is 0.142 e. The molecule has 3 rings (SSSR count). The highest BCUT2D eigenvalue weighted by Crippen LogP contribution is 2.35. The van der Waals surface area contributed by atoms with Crippen molar-refractivity contribution in [3.05, 3.63) is 41.0 Å². The van der Waals surface area contributed by atoms with Crippen LogP contribution in [0.4, 0.5) is 11.5 Å². The maximum Gasteiger partial charge on any atom is 0.142 e. The third-order valence-electron chi connectivity index (χ3n) is 3.33. The van der Waals surface area contributed by atoms with Crippen LogP contribution in [0.25, 0.3) is 10.2 Å². The van der Waals surface area contributed by atoms with Crippen molar-refractivity contribution in [2.75, 3.05) is 11.6 Å². The van der Waals surface area contributed by atoms with Crippen LogP contribution in [0, 0.1) is 13.8 Å². The van der Waals surface area contributed by atoms with Crippen molar-refractivity contribution in [1.82, 2.24) is 9.97 Å². The van der Waals surface area contributed by atoms with Crippen LogP contribution in [-0.4, -0.2) is 16.2 Å². The Morgan fingerprint density at radius 3 is 2.75 bits per heavy atom. The van der Waals surface area contributed by atoms with Gasteiger partial charge in [0.25, 0.3) is 0 Å². The average Bonchev–Trinajstić information content (AvgIpc) is 2.76. The van der Waals surface area contributed by atoms with E-state index in [2.05, 4.69) is 47.5 Å². The van der Waals surface area contributed by atoms with Gasteiger partial charge in [0.05, 0.1) is 11.1 Å². The van der Waals surface area contributed by atoms with Crippen LogP contribution in [0.2, 0.25) is 0 Å². The summed E-state index contributed by atoms with van der Waals surface area (Å²) in [7, 11) is 0. The molecule has 2 aromatic heterocycles. The summed E-state index contributed by atoms with van der Waals surface area (Å²) in [5.74, 6) is 0.887. The SMILES string of the molecule is CSc1ccccc1Nc1ncnc2sc(C)c(C)c12. The molecule has 0 spiro atoms. The second kappa shape index (κ2) is 5.42. The highest BCUT2D eigenvalue weighted by molar-refractivity contribution is 7.98. The summed E-state index contributed by atoms with van der Waals surface area (Å²) in [6.07, 6.45) is 3.71. The van der Waals surface area contributed by atoms with Crippen LogP contribution in [0.5, 0.6) is 0 Å². The molecular formula is C15H15N3S2. The van der Waals surface area contributed by atoms with Crippen LogP contribution >= 0.6 is 23.1 Å². The highest BCUT2D eigenvalue weighted by atomic mass is 32.2. The molecule has 3 aromatic rings. The van der Waals surface area contributed by atoms with Crippen molar-refractivity contribution < 1.29 is 0 Å². The fraction of sp³-hybridized carbons (Fsp3) is 0.200. The van der Waals surface area contributed by atoms with Crippen molar-refractivity contribution in [2.24, 2.45) is 0 Å². The van der Waals surface area contributed by atoms with Gasteiger partial charge in [0.15, 0.2) is 0 Å². The monoisotopic (exact) mass is 301 g/mol. The van der Waals surface area contributed by atoms with Crippen molar-refractivity contribution in [2.45, 2.75) is 18.7 Å². The van der Waals surface area contributed by atoms with E-state index in [1.807, 2.05) is 12.1 Å². The van der Waals surface area contributed by atoms with E-state index in [1.165, 1.54) is 15.3 Å². The number of nitrogens with one attached hydrogen (secondary N) is 1. The van der Waals surface area contributed by atoms with E-state index >= 15 is 0 Å². The maximum absolute atomic E-state index is 4.43. The Bertz CT molecular complexity index is 765. The predicted octanol–water partition coefficient (Wildman–Crippen LogP) is 4.77. The maximum atomic E-state index is 4.43. The van der Waals surface area contributed by atoms with Gasteiger partial charge in [0, 0.05) is 9.77 Å². The van der Waals surface area contributed by atoms with E-state index < -0.39 is 0 Å². The van der Waals surface area contributed by atoms with Gasteiger partial charge < -0.3 is 5.32 Å². The lowest BCUT2D eigenvalue weighted by Crippen LogP contribution is -1.96. The van der Waals surface area contributed by atoms with Crippen molar-refractivity contribution in [1.29, 1.82) is 0 Å². The lowest BCUT2D eigenvalue weighted by atomic mass is 10.2. The molecule has 2 heterocycles. The standard InChI is InChI=1S/C15H15N3S2/c1-9-10(2)20-15-13(9)14(16-8-17-15)18-11-6-4-5-7-12(11)19-3/h4-8H,1-3H3,(H,16,17,18). The first kappa shape index (κ1) is 13.4. The molecule has 0 radical (unpaired) electrons. The Balaban J connectivity index is 2.11. The number of nitrogens with zero attached hydrogens (tertiary/aromatic N) is 2. The number of para-hydroxylation sites is 1. The zero-order valence-electron chi connectivity index (χ0n) is 11.6. The lowest BCUT2D eigenvalue weighted by molar-refractivity contribution is 1.22. The number of benzene rings is 1. The van der Waals surface area contributed by atoms with Crippen LogP contribution in [0.15, 0.2) is 35.5 Å². The molecule has 1 N–H and O–H groups in total. The quantitative estimate of drug-likeness (QED) is 0.707. The van der Waals surface area contributed by atoms with Gasteiger partial charge in [0.2, 0.25) is 0 Å². The molecule has 0 atom stereocenters. The van der Waals surface area contributed by atoms with Crippen LogP contribution in [-0.2, 0) is 0 Å². The Hall–Kier alpha value is -1.59. The van der Waals surface area contributed by atoms with Gasteiger partial charge in [-0.25, -0.2) is 9.97 Å². The van der Waals surface area contributed by atoms with Crippen LogP contribution in [0.1, 0.15) is 10.4 Å². The third kappa shape index (κ3) is 2.27. The fourth-order valence-corrected chi connectivity index (χ4v) is 3.70. The van der Waals surface area contributed by atoms with E-state index in [-0.39, 0.29) is 0 Å². The molecule has 0 aliphatic heterocycles. The zero-order chi connectivity index (χ0) is 14.1. The number of hydrogen-bond donors (Lipinski definition) is 1. The van der Waals surface area contributed by atoms with E-state index in [0.717, 1.165) is 21.7 Å². The molecule has 0 aliphatic rings. The molecule has 102 valence electrons. The minimum Gasteiger partial charge on any atom is -0.339 e. The van der Waals surface area contributed by atoms with Gasteiger partial charge in [-0.05, 0) is 37.8 Å². The summed E-state index contributed by atoms with van der Waals surface area (Å²) in [4.78, 5) is 12.3. The summed E-state index contributed by atoms with van der Waals surface area (Å²) in [6.45, 7) is 4.25. The number of anilines is 2. The third-order valence-corrected chi connectivity index (χ3v) is 5.24. The predicted molar refractivity (Wildman–Crippen MR) is 88.4 cm³/mol. The van der Waals surface area contributed by atoms with E-state index in [4.69, 9.17) is 0 Å². The first-order chi connectivity index (χ1) is 9.70. The molecular weight excluding hydrogens is 286 g/mol. The summed E-state index contributed by atoms with van der Waals surface area (Å²) < 4.78 is 0. The van der Waals surface area contributed by atoms with E-state index in [9.17, 15) is 0 Å². The van der Waals surface area contributed by atoms with Gasteiger partial charge in [-0.1, -0.05) is 12.1 Å². The normalized spacial score (nSPS) is 10.9. The van der Waals surface area contributed by atoms with Crippen LogP contribution < -0.4 is 5.32 Å². The number of aryl methyl sites for hydroxylation is 2. The second-order valence-electron chi connectivity index (χ2n) is 4.51. The molecule has 5 heteroatoms. The summed E-state index contributed by atoms with van der Waals surface area (Å²) in [6, 6.07) is 8.27. The molecule has 0 saturated heterocycles. The Morgan fingerprint density at radius 2 is 1.95 bits per heavy atom. The average molecular weight is 301 g/mol. The first-order valence-corrected chi connectivity index (χ1v) is 8.35. The first-order valence-electron chi connectivity index (χ1n) is 6.31. The van der Waals surface area contributed by atoms with Crippen molar-refractivity contribution >= 4 is 44.8 Å². The number of aromatic nitrogens is 2. The van der Waals surface area contributed by atoms with Gasteiger partial charge in [-0.15, -0.1) is 23.1 Å². The minimum absolute atomic E-state index is 0.887. The lowest BCUT2D eigenvalue weighted by Gasteiger charge is -2.10. The summed E-state index contributed by atoms with van der Waals surface area (Å²) in [5.41, 5.74) is 2.35. The molecule has 0 saturated carbocycles. The van der Waals surface area contributed by atoms with Gasteiger partial charge >= 0.3 is 0 Å². The molecule has 0 amide bonds. The molecule has 0 fully saturated rings. The number of thioether (sulfide) groups is 1. The zero-order valence-corrected chi connectivity index (χ0v) is 13.2. The topological polar surface area (TPSA) is 37.8 Å². The number of rotatable bonds is 3. The number of hydrogen-bond acceptors (Lipinski definition) is 5. The molecule has 1 aromatic carbocycles. The van der Waals surface area contributed by atoms with E-state index in [0.29, 0.717) is 0 Å². The number of thiophene rings is 1.